The van der Waals surface area contributed by atoms with Gasteiger partial charge in [-0.25, -0.2) is 4.39 Å². The maximum atomic E-state index is 14.0. The Morgan fingerprint density at radius 3 is 2.28 bits per heavy atom. The largest absolute Gasteiger partial charge is 0.446 e. The van der Waals surface area contributed by atoms with Crippen molar-refractivity contribution in [3.63, 3.8) is 0 Å². The highest BCUT2D eigenvalue weighted by atomic mass is 32.3. The van der Waals surface area contributed by atoms with Gasteiger partial charge in [0.15, 0.2) is 11.6 Å². The Morgan fingerprint density at radius 2 is 1.67 bits per heavy atom. The second-order valence-corrected chi connectivity index (χ2v) is 4.52. The lowest BCUT2D eigenvalue weighted by Gasteiger charge is -2.07. The summed E-state index contributed by atoms with van der Waals surface area (Å²) in [6.07, 6.45) is 0. The minimum absolute atomic E-state index is 0.191. The summed E-state index contributed by atoms with van der Waals surface area (Å²) in [7, 11) is -4.74. The van der Waals surface area contributed by atoms with E-state index < -0.39 is 22.0 Å². The van der Waals surface area contributed by atoms with Crippen LogP contribution in [0.2, 0.25) is 0 Å². The van der Waals surface area contributed by atoms with Crippen LogP contribution in [-0.2, 0) is 10.4 Å². The summed E-state index contributed by atoms with van der Waals surface area (Å²) in [6, 6.07) is 12.6. The van der Waals surface area contributed by atoms with Crippen molar-refractivity contribution in [1.29, 1.82) is 0 Å². The van der Waals surface area contributed by atoms with Crippen molar-refractivity contribution in [2.24, 2.45) is 0 Å². The molecule has 2 aromatic carbocycles. The Hall–Kier alpha value is -1.92. The quantitative estimate of drug-likeness (QED) is 0.869. The molecule has 0 fully saturated rings. The number of hydrogen-bond donors (Lipinski definition) is 1. The molecule has 0 amide bonds. The summed E-state index contributed by atoms with van der Waals surface area (Å²) < 4.78 is 47.8. The number of rotatable bonds is 3. The molecule has 0 spiro atoms. The molecule has 0 aromatic heterocycles. The highest BCUT2D eigenvalue weighted by molar-refractivity contribution is 7.81. The zero-order valence-electron chi connectivity index (χ0n) is 9.08. The SMILES string of the molecule is O=S(=O)(O)Oc1cccc(-c2ccccc2)c1F. The fourth-order valence-corrected chi connectivity index (χ4v) is 1.88. The Morgan fingerprint density at radius 1 is 1.00 bits per heavy atom. The molecule has 0 bridgehead atoms. The van der Waals surface area contributed by atoms with Gasteiger partial charge in [0.1, 0.15) is 0 Å². The molecule has 2 aromatic rings. The molecule has 2 rings (SSSR count). The van der Waals surface area contributed by atoms with Gasteiger partial charge >= 0.3 is 10.4 Å². The first kappa shape index (κ1) is 12.5. The summed E-state index contributed by atoms with van der Waals surface area (Å²) >= 11 is 0. The summed E-state index contributed by atoms with van der Waals surface area (Å²) in [5.74, 6) is -1.39. The zero-order chi connectivity index (χ0) is 13.2. The van der Waals surface area contributed by atoms with E-state index in [1.807, 2.05) is 0 Å². The van der Waals surface area contributed by atoms with E-state index in [-0.39, 0.29) is 5.56 Å². The minimum Gasteiger partial charge on any atom is -0.359 e. The van der Waals surface area contributed by atoms with E-state index in [2.05, 4.69) is 4.18 Å². The van der Waals surface area contributed by atoms with Crippen LogP contribution in [-0.4, -0.2) is 13.0 Å². The first-order valence-corrected chi connectivity index (χ1v) is 6.35. The summed E-state index contributed by atoms with van der Waals surface area (Å²) in [5, 5.41) is 0. The third-order valence-corrected chi connectivity index (χ3v) is 2.63. The van der Waals surface area contributed by atoms with Crippen molar-refractivity contribution in [2.45, 2.75) is 0 Å². The van der Waals surface area contributed by atoms with Gasteiger partial charge in [0.25, 0.3) is 0 Å². The second-order valence-electron chi connectivity index (χ2n) is 3.49. The predicted molar refractivity (Wildman–Crippen MR) is 64.0 cm³/mol. The van der Waals surface area contributed by atoms with Crippen LogP contribution in [0.15, 0.2) is 48.5 Å². The lowest BCUT2D eigenvalue weighted by Crippen LogP contribution is -2.08. The van der Waals surface area contributed by atoms with Crippen LogP contribution in [0.5, 0.6) is 5.75 Å². The van der Waals surface area contributed by atoms with Crippen LogP contribution >= 0.6 is 0 Å². The molecule has 4 nitrogen and oxygen atoms in total. The lowest BCUT2D eigenvalue weighted by atomic mass is 10.1. The van der Waals surface area contributed by atoms with Crippen LogP contribution < -0.4 is 4.18 Å². The first-order valence-electron chi connectivity index (χ1n) is 4.98. The van der Waals surface area contributed by atoms with E-state index in [0.29, 0.717) is 5.56 Å². The average Bonchev–Trinajstić information content (AvgIpc) is 2.31. The smallest absolute Gasteiger partial charge is 0.359 e. The molecular weight excluding hydrogens is 259 g/mol. The van der Waals surface area contributed by atoms with Crippen LogP contribution in [0.4, 0.5) is 4.39 Å². The maximum Gasteiger partial charge on any atom is 0.446 e. The number of hydrogen-bond acceptors (Lipinski definition) is 3. The van der Waals surface area contributed by atoms with Gasteiger partial charge in [0.2, 0.25) is 0 Å². The van der Waals surface area contributed by atoms with Gasteiger partial charge in [-0.3, -0.25) is 4.55 Å². The van der Waals surface area contributed by atoms with E-state index in [1.54, 1.807) is 30.3 Å². The molecular formula is C12H9FO4S. The van der Waals surface area contributed by atoms with Gasteiger partial charge in [-0.05, 0) is 11.6 Å². The van der Waals surface area contributed by atoms with Crippen LogP contribution in [0, 0.1) is 5.82 Å². The molecule has 0 saturated carbocycles. The monoisotopic (exact) mass is 268 g/mol. The minimum atomic E-state index is -4.74. The van der Waals surface area contributed by atoms with Gasteiger partial charge in [0.05, 0.1) is 0 Å². The van der Waals surface area contributed by atoms with Gasteiger partial charge in [-0.15, -0.1) is 0 Å². The van der Waals surface area contributed by atoms with E-state index in [4.69, 9.17) is 4.55 Å². The van der Waals surface area contributed by atoms with Crippen LogP contribution in [0.1, 0.15) is 0 Å². The van der Waals surface area contributed by atoms with Crippen molar-refractivity contribution in [3.05, 3.63) is 54.3 Å². The lowest BCUT2D eigenvalue weighted by molar-refractivity contribution is 0.377. The molecule has 0 aliphatic carbocycles. The Labute approximate surface area is 104 Å². The highest BCUT2D eigenvalue weighted by Crippen LogP contribution is 2.29. The maximum absolute atomic E-state index is 14.0. The molecule has 18 heavy (non-hydrogen) atoms. The van der Waals surface area contributed by atoms with Crippen molar-refractivity contribution in [3.8, 4) is 16.9 Å². The summed E-state index contributed by atoms with van der Waals surface area (Å²) in [5.41, 5.74) is 0.771. The summed E-state index contributed by atoms with van der Waals surface area (Å²) in [4.78, 5) is 0. The molecule has 0 saturated heterocycles. The molecule has 1 N–H and O–H groups in total. The molecule has 0 radical (unpaired) electrons. The van der Waals surface area contributed by atoms with Gasteiger partial charge < -0.3 is 4.18 Å². The molecule has 0 unspecified atom stereocenters. The Balaban J connectivity index is 2.49. The van der Waals surface area contributed by atoms with Crippen molar-refractivity contribution < 1.29 is 21.5 Å². The molecule has 6 heteroatoms. The van der Waals surface area contributed by atoms with E-state index in [0.717, 1.165) is 6.07 Å². The number of halogens is 1. The van der Waals surface area contributed by atoms with Crippen LogP contribution in [0.3, 0.4) is 0 Å². The average molecular weight is 268 g/mol. The van der Waals surface area contributed by atoms with Gasteiger partial charge in [-0.1, -0.05) is 42.5 Å². The predicted octanol–water partition coefficient (Wildman–Crippen LogP) is 2.67. The fraction of sp³-hybridized carbons (Fsp3) is 0. The highest BCUT2D eigenvalue weighted by Gasteiger charge is 2.15. The Bertz CT molecular complexity index is 653. The van der Waals surface area contributed by atoms with Crippen LogP contribution in [0.25, 0.3) is 11.1 Å². The standard InChI is InChI=1S/C12H9FO4S/c13-12-10(9-5-2-1-3-6-9)7-4-8-11(12)17-18(14,15)16/h1-8H,(H,14,15,16). The van der Waals surface area contributed by atoms with E-state index in [9.17, 15) is 12.8 Å². The van der Waals surface area contributed by atoms with Gasteiger partial charge in [-0.2, -0.15) is 8.42 Å². The molecule has 0 heterocycles. The van der Waals surface area contributed by atoms with E-state index >= 15 is 0 Å². The topological polar surface area (TPSA) is 63.6 Å². The molecule has 94 valence electrons. The fourth-order valence-electron chi connectivity index (χ4n) is 1.53. The van der Waals surface area contributed by atoms with Crippen molar-refractivity contribution >= 4 is 10.4 Å². The first-order chi connectivity index (χ1) is 8.47. The van der Waals surface area contributed by atoms with Crippen molar-refractivity contribution in [1.82, 2.24) is 0 Å². The molecule has 0 atom stereocenters. The Kier molecular flexibility index (Phi) is 3.31. The zero-order valence-corrected chi connectivity index (χ0v) is 9.89. The third kappa shape index (κ3) is 2.85. The normalized spacial score (nSPS) is 11.2. The molecule has 0 aliphatic rings. The number of benzene rings is 2. The second kappa shape index (κ2) is 4.75. The van der Waals surface area contributed by atoms with Gasteiger partial charge in [0, 0.05) is 5.56 Å². The molecule has 0 aliphatic heterocycles. The third-order valence-electron chi connectivity index (χ3n) is 2.24. The van der Waals surface area contributed by atoms with E-state index in [1.165, 1.54) is 12.1 Å². The summed E-state index contributed by atoms with van der Waals surface area (Å²) in [6.45, 7) is 0. The van der Waals surface area contributed by atoms with Crippen molar-refractivity contribution in [2.75, 3.05) is 0 Å².